The Kier molecular flexibility index (Phi) is 5.25. The topological polar surface area (TPSA) is 49.7 Å². The van der Waals surface area contributed by atoms with Crippen LogP contribution in [-0.4, -0.2) is 22.9 Å². The van der Waals surface area contributed by atoms with E-state index in [0.717, 1.165) is 10.0 Å². The molecule has 0 spiro atoms. The van der Waals surface area contributed by atoms with E-state index in [2.05, 4.69) is 15.9 Å². The van der Waals surface area contributed by atoms with E-state index in [1.54, 1.807) is 13.0 Å². The molecule has 0 fully saturated rings. The molecular formula is C12H17BrO3. The zero-order valence-corrected chi connectivity index (χ0v) is 11.1. The highest BCUT2D eigenvalue weighted by Gasteiger charge is 2.11. The monoisotopic (exact) mass is 288 g/mol. The zero-order valence-electron chi connectivity index (χ0n) is 9.48. The Morgan fingerprint density at radius 2 is 2.06 bits per heavy atom. The molecule has 0 aliphatic rings. The lowest BCUT2D eigenvalue weighted by atomic mass is 10.1. The summed E-state index contributed by atoms with van der Waals surface area (Å²) in [6.45, 7) is 3.83. The van der Waals surface area contributed by atoms with Gasteiger partial charge in [-0.15, -0.1) is 0 Å². The van der Waals surface area contributed by atoms with Crippen molar-refractivity contribution in [2.24, 2.45) is 0 Å². The minimum Gasteiger partial charge on any atom is -0.491 e. The average molecular weight is 289 g/mol. The standard InChI is InChI=1S/C12H17BrO3/c1-3-10(15)7-16-12-5-4-9(13)6-11(12)8(2)14/h4-6,8,10,14-15H,3,7H2,1-2H3/t8-,10?/m1/s1. The van der Waals surface area contributed by atoms with Gasteiger partial charge in [0.1, 0.15) is 12.4 Å². The molecule has 3 nitrogen and oxygen atoms in total. The first-order valence-corrected chi connectivity index (χ1v) is 6.12. The molecule has 0 amide bonds. The first-order valence-electron chi connectivity index (χ1n) is 5.33. The second kappa shape index (κ2) is 6.23. The number of hydrogen-bond acceptors (Lipinski definition) is 3. The third-order valence-corrected chi connectivity index (χ3v) is 2.82. The fourth-order valence-electron chi connectivity index (χ4n) is 1.28. The number of aliphatic hydroxyl groups is 2. The molecule has 2 N–H and O–H groups in total. The lowest BCUT2D eigenvalue weighted by Gasteiger charge is -2.15. The molecule has 0 aliphatic carbocycles. The van der Waals surface area contributed by atoms with E-state index in [4.69, 9.17) is 4.74 Å². The van der Waals surface area contributed by atoms with Gasteiger partial charge in [0, 0.05) is 10.0 Å². The summed E-state index contributed by atoms with van der Waals surface area (Å²) < 4.78 is 6.37. The van der Waals surface area contributed by atoms with E-state index < -0.39 is 12.2 Å². The maximum absolute atomic E-state index is 9.59. The molecule has 1 aromatic rings. The van der Waals surface area contributed by atoms with E-state index >= 15 is 0 Å². The van der Waals surface area contributed by atoms with Crippen molar-refractivity contribution in [3.63, 3.8) is 0 Å². The Bertz CT molecular complexity index is 339. The summed E-state index contributed by atoms with van der Waals surface area (Å²) in [5.74, 6) is 0.616. The Balaban J connectivity index is 2.78. The minimum atomic E-state index is -0.591. The van der Waals surface area contributed by atoms with Crippen molar-refractivity contribution in [2.45, 2.75) is 32.5 Å². The van der Waals surface area contributed by atoms with Crippen LogP contribution >= 0.6 is 15.9 Å². The number of ether oxygens (including phenoxy) is 1. The largest absolute Gasteiger partial charge is 0.491 e. The van der Waals surface area contributed by atoms with Crippen molar-refractivity contribution in [3.8, 4) is 5.75 Å². The number of hydrogen-bond donors (Lipinski definition) is 2. The van der Waals surface area contributed by atoms with Crippen LogP contribution in [0.3, 0.4) is 0 Å². The summed E-state index contributed by atoms with van der Waals surface area (Å²) in [4.78, 5) is 0. The molecule has 0 saturated carbocycles. The van der Waals surface area contributed by atoms with Crippen LogP contribution in [0, 0.1) is 0 Å². The summed E-state index contributed by atoms with van der Waals surface area (Å²) in [5, 5.41) is 19.0. The number of benzene rings is 1. The van der Waals surface area contributed by atoms with Gasteiger partial charge < -0.3 is 14.9 Å². The molecule has 90 valence electrons. The van der Waals surface area contributed by atoms with Crippen LogP contribution in [0.1, 0.15) is 31.9 Å². The second-order valence-electron chi connectivity index (χ2n) is 3.73. The van der Waals surface area contributed by atoms with Crippen LogP contribution in [0.4, 0.5) is 0 Å². The van der Waals surface area contributed by atoms with Gasteiger partial charge in [-0.1, -0.05) is 22.9 Å². The van der Waals surface area contributed by atoms with Gasteiger partial charge in [0.2, 0.25) is 0 Å². The first-order chi connectivity index (χ1) is 7.54. The lowest BCUT2D eigenvalue weighted by Crippen LogP contribution is -2.16. The molecule has 2 atom stereocenters. The maximum Gasteiger partial charge on any atom is 0.125 e. The average Bonchev–Trinajstić information content (AvgIpc) is 2.26. The van der Waals surface area contributed by atoms with Gasteiger partial charge in [-0.3, -0.25) is 0 Å². The summed E-state index contributed by atoms with van der Waals surface area (Å²) in [6, 6.07) is 5.45. The van der Waals surface area contributed by atoms with E-state index in [0.29, 0.717) is 12.2 Å². The van der Waals surface area contributed by atoms with Crippen LogP contribution in [0.2, 0.25) is 0 Å². The van der Waals surface area contributed by atoms with Crippen molar-refractivity contribution in [2.75, 3.05) is 6.61 Å². The zero-order chi connectivity index (χ0) is 12.1. The quantitative estimate of drug-likeness (QED) is 0.876. The van der Waals surface area contributed by atoms with Crippen LogP contribution < -0.4 is 4.74 Å². The predicted molar refractivity (Wildman–Crippen MR) is 66.6 cm³/mol. The highest BCUT2D eigenvalue weighted by atomic mass is 79.9. The van der Waals surface area contributed by atoms with Crippen molar-refractivity contribution in [3.05, 3.63) is 28.2 Å². The Labute approximate surface area is 104 Å². The smallest absolute Gasteiger partial charge is 0.125 e. The molecular weight excluding hydrogens is 272 g/mol. The van der Waals surface area contributed by atoms with Gasteiger partial charge in [-0.25, -0.2) is 0 Å². The van der Waals surface area contributed by atoms with E-state index in [-0.39, 0.29) is 6.61 Å². The molecule has 1 aromatic carbocycles. The highest BCUT2D eigenvalue weighted by molar-refractivity contribution is 9.10. The maximum atomic E-state index is 9.59. The summed E-state index contributed by atoms with van der Waals surface area (Å²) >= 11 is 3.34. The lowest BCUT2D eigenvalue weighted by molar-refractivity contribution is 0.101. The molecule has 4 heteroatoms. The third kappa shape index (κ3) is 3.77. The Morgan fingerprint density at radius 1 is 1.38 bits per heavy atom. The normalized spacial score (nSPS) is 14.6. The van der Waals surface area contributed by atoms with Crippen LogP contribution in [-0.2, 0) is 0 Å². The second-order valence-corrected chi connectivity index (χ2v) is 4.65. The molecule has 0 heterocycles. The summed E-state index contributed by atoms with van der Waals surface area (Å²) in [7, 11) is 0. The van der Waals surface area contributed by atoms with Crippen LogP contribution in [0.25, 0.3) is 0 Å². The molecule has 0 aliphatic heterocycles. The summed E-state index contributed by atoms with van der Waals surface area (Å²) in [6.07, 6.45) is -0.405. The fraction of sp³-hybridized carbons (Fsp3) is 0.500. The molecule has 0 aromatic heterocycles. The van der Waals surface area contributed by atoms with Gasteiger partial charge in [0.15, 0.2) is 0 Å². The van der Waals surface area contributed by atoms with Gasteiger partial charge in [-0.05, 0) is 31.5 Å². The van der Waals surface area contributed by atoms with Gasteiger partial charge >= 0.3 is 0 Å². The van der Waals surface area contributed by atoms with Gasteiger partial charge in [0.05, 0.1) is 12.2 Å². The number of halogens is 1. The van der Waals surface area contributed by atoms with Crippen molar-refractivity contribution in [1.82, 2.24) is 0 Å². The fourth-order valence-corrected chi connectivity index (χ4v) is 1.66. The van der Waals surface area contributed by atoms with Crippen LogP contribution in [0.5, 0.6) is 5.75 Å². The number of rotatable bonds is 5. The number of aliphatic hydroxyl groups excluding tert-OH is 2. The summed E-state index contributed by atoms with van der Waals surface area (Å²) in [5.41, 5.74) is 0.720. The minimum absolute atomic E-state index is 0.248. The molecule has 1 unspecified atom stereocenters. The van der Waals surface area contributed by atoms with E-state index in [1.807, 2.05) is 19.1 Å². The SMILES string of the molecule is CCC(O)COc1ccc(Br)cc1[C@@H](C)O. The molecule has 16 heavy (non-hydrogen) atoms. The first kappa shape index (κ1) is 13.5. The highest BCUT2D eigenvalue weighted by Crippen LogP contribution is 2.28. The van der Waals surface area contributed by atoms with E-state index in [9.17, 15) is 10.2 Å². The van der Waals surface area contributed by atoms with Gasteiger partial charge in [-0.2, -0.15) is 0 Å². The molecule has 0 radical (unpaired) electrons. The van der Waals surface area contributed by atoms with Crippen molar-refractivity contribution in [1.29, 1.82) is 0 Å². The van der Waals surface area contributed by atoms with Crippen LogP contribution in [0.15, 0.2) is 22.7 Å². The van der Waals surface area contributed by atoms with E-state index in [1.165, 1.54) is 0 Å². The molecule has 0 bridgehead atoms. The van der Waals surface area contributed by atoms with Crippen molar-refractivity contribution >= 4 is 15.9 Å². The third-order valence-electron chi connectivity index (χ3n) is 2.32. The molecule has 1 rings (SSSR count). The Morgan fingerprint density at radius 3 is 2.62 bits per heavy atom. The Hall–Kier alpha value is -0.580. The van der Waals surface area contributed by atoms with Crippen molar-refractivity contribution < 1.29 is 14.9 Å². The van der Waals surface area contributed by atoms with Gasteiger partial charge in [0.25, 0.3) is 0 Å². The molecule has 0 saturated heterocycles. The predicted octanol–water partition coefficient (Wildman–Crippen LogP) is 2.65.